The van der Waals surface area contributed by atoms with Gasteiger partial charge in [-0.15, -0.1) is 0 Å². The van der Waals surface area contributed by atoms with Gasteiger partial charge in [-0.05, 0) is 51.3 Å². The molecule has 132 valence electrons. The smallest absolute Gasteiger partial charge is 0.222 e. The fraction of sp³-hybridized carbons (Fsp3) is 0.722. The predicted molar refractivity (Wildman–Crippen MR) is 94.8 cm³/mol. The Morgan fingerprint density at radius 2 is 1.96 bits per heavy atom. The molecular weight excluding hydrogens is 302 g/mol. The molecule has 0 aliphatic carbocycles. The first-order valence-corrected chi connectivity index (χ1v) is 9.34. The van der Waals surface area contributed by atoms with Gasteiger partial charge in [0.05, 0.1) is 0 Å². The van der Waals surface area contributed by atoms with Crippen LogP contribution in [0.5, 0.6) is 0 Å². The van der Waals surface area contributed by atoms with Crippen molar-refractivity contribution in [2.24, 2.45) is 0 Å². The lowest BCUT2D eigenvalue weighted by Crippen LogP contribution is -2.48. The molecule has 2 fully saturated rings. The van der Waals surface area contributed by atoms with Gasteiger partial charge in [-0.3, -0.25) is 9.69 Å². The van der Waals surface area contributed by atoms with E-state index in [2.05, 4.69) is 32.0 Å². The molecule has 2 aliphatic rings. The van der Waals surface area contributed by atoms with Crippen LogP contribution in [-0.2, 0) is 4.79 Å². The third-order valence-electron chi connectivity index (χ3n) is 5.30. The highest BCUT2D eigenvalue weighted by Crippen LogP contribution is 2.30. The van der Waals surface area contributed by atoms with Gasteiger partial charge >= 0.3 is 0 Å². The van der Waals surface area contributed by atoms with Gasteiger partial charge in [0.1, 0.15) is 0 Å². The predicted octanol–water partition coefficient (Wildman–Crippen LogP) is 2.14. The van der Waals surface area contributed by atoms with Crippen molar-refractivity contribution in [3.8, 4) is 0 Å². The minimum Gasteiger partial charge on any atom is -0.354 e. The molecule has 2 aliphatic heterocycles. The summed E-state index contributed by atoms with van der Waals surface area (Å²) in [5, 5.41) is 3.17. The number of hydrogen-bond donors (Lipinski definition) is 1. The number of anilines is 1. The highest BCUT2D eigenvalue weighted by Gasteiger charge is 2.38. The summed E-state index contributed by atoms with van der Waals surface area (Å²) >= 11 is 0. The number of carbonyl (C=O) groups excluding carboxylic acids is 1. The van der Waals surface area contributed by atoms with Gasteiger partial charge < -0.3 is 10.2 Å². The molecule has 2 atom stereocenters. The minimum absolute atomic E-state index is 0.316. The van der Waals surface area contributed by atoms with Crippen LogP contribution in [0.3, 0.4) is 0 Å². The Morgan fingerprint density at radius 1 is 1.21 bits per heavy atom. The van der Waals surface area contributed by atoms with Crippen molar-refractivity contribution in [3.05, 3.63) is 18.5 Å². The van der Waals surface area contributed by atoms with Crippen LogP contribution in [0, 0.1) is 0 Å². The second-order valence-electron chi connectivity index (χ2n) is 6.74. The van der Waals surface area contributed by atoms with Crippen molar-refractivity contribution in [3.63, 3.8) is 0 Å². The Labute approximate surface area is 144 Å². The Morgan fingerprint density at radius 3 is 2.75 bits per heavy atom. The van der Waals surface area contributed by atoms with E-state index in [4.69, 9.17) is 0 Å². The van der Waals surface area contributed by atoms with E-state index < -0.39 is 0 Å². The highest BCUT2D eigenvalue weighted by atomic mass is 16.2. The Bertz CT molecular complexity index is 523. The van der Waals surface area contributed by atoms with Crippen LogP contribution in [0.4, 0.5) is 5.95 Å². The van der Waals surface area contributed by atoms with Crippen LogP contribution in [0.2, 0.25) is 0 Å². The lowest BCUT2D eigenvalue weighted by atomic mass is 10.0. The third kappa shape index (κ3) is 4.04. The maximum absolute atomic E-state index is 12.7. The van der Waals surface area contributed by atoms with Gasteiger partial charge in [-0.2, -0.15) is 0 Å². The molecule has 0 saturated carbocycles. The molecule has 1 N–H and O–H groups in total. The molecule has 24 heavy (non-hydrogen) atoms. The lowest BCUT2D eigenvalue weighted by molar-refractivity contribution is -0.133. The number of likely N-dealkylation sites (N-methyl/N-ethyl adjacent to an activating group) is 1. The number of nitrogens with one attached hydrogen (secondary N) is 1. The van der Waals surface area contributed by atoms with E-state index in [9.17, 15) is 4.79 Å². The summed E-state index contributed by atoms with van der Waals surface area (Å²) in [5.41, 5.74) is 0. The van der Waals surface area contributed by atoms with Gasteiger partial charge in [0.15, 0.2) is 0 Å². The number of nitrogens with zero attached hydrogens (tertiary/aromatic N) is 4. The van der Waals surface area contributed by atoms with Crippen molar-refractivity contribution >= 4 is 11.9 Å². The molecule has 1 aromatic rings. The van der Waals surface area contributed by atoms with Crippen molar-refractivity contribution in [2.45, 2.75) is 57.5 Å². The zero-order valence-electron chi connectivity index (χ0n) is 14.7. The molecule has 0 radical (unpaired) electrons. The molecule has 1 amide bonds. The molecule has 2 saturated heterocycles. The Kier molecular flexibility index (Phi) is 6.01. The molecule has 6 heteroatoms. The Hall–Kier alpha value is -1.69. The summed E-state index contributed by atoms with van der Waals surface area (Å²) in [4.78, 5) is 25.7. The molecule has 1 aromatic heterocycles. The van der Waals surface area contributed by atoms with Crippen LogP contribution >= 0.6 is 0 Å². The first-order valence-electron chi connectivity index (χ1n) is 9.34. The molecule has 0 unspecified atom stereocenters. The molecule has 6 nitrogen and oxygen atoms in total. The number of carbonyl (C=O) groups is 1. The molecule has 0 spiro atoms. The summed E-state index contributed by atoms with van der Waals surface area (Å²) in [7, 11) is 0. The van der Waals surface area contributed by atoms with Gasteiger partial charge in [-0.25, -0.2) is 9.97 Å². The number of hydrogen-bond acceptors (Lipinski definition) is 5. The SMILES string of the molecule is CCN1CCC[C@H]1[C@@H]1CCCN1C(=O)CCCNc1ncccn1. The topological polar surface area (TPSA) is 61.4 Å². The monoisotopic (exact) mass is 331 g/mol. The van der Waals surface area contributed by atoms with Crippen LogP contribution in [0.25, 0.3) is 0 Å². The van der Waals surface area contributed by atoms with Crippen LogP contribution < -0.4 is 5.32 Å². The van der Waals surface area contributed by atoms with Crippen molar-refractivity contribution in [1.82, 2.24) is 19.8 Å². The quantitative estimate of drug-likeness (QED) is 0.776. The summed E-state index contributed by atoms with van der Waals surface area (Å²) in [6.45, 7) is 6.20. The average Bonchev–Trinajstić information content (AvgIpc) is 3.27. The van der Waals surface area contributed by atoms with Crippen molar-refractivity contribution < 1.29 is 4.79 Å². The Balaban J connectivity index is 1.45. The van der Waals surface area contributed by atoms with Gasteiger partial charge in [0, 0.05) is 44.0 Å². The van der Waals surface area contributed by atoms with Crippen molar-refractivity contribution in [2.75, 3.05) is 31.5 Å². The fourth-order valence-corrected chi connectivity index (χ4v) is 4.16. The molecule has 3 rings (SSSR count). The summed E-state index contributed by atoms with van der Waals surface area (Å²) < 4.78 is 0. The van der Waals surface area contributed by atoms with E-state index >= 15 is 0 Å². The first-order chi connectivity index (χ1) is 11.8. The largest absolute Gasteiger partial charge is 0.354 e. The molecular formula is C18H29N5O. The number of rotatable bonds is 7. The van der Waals surface area contributed by atoms with Crippen LogP contribution in [0.15, 0.2) is 18.5 Å². The molecule has 3 heterocycles. The second kappa shape index (κ2) is 8.42. The van der Waals surface area contributed by atoms with E-state index in [1.54, 1.807) is 18.5 Å². The van der Waals surface area contributed by atoms with E-state index in [1.807, 2.05) is 0 Å². The van der Waals surface area contributed by atoms with E-state index in [-0.39, 0.29) is 0 Å². The van der Waals surface area contributed by atoms with Crippen LogP contribution in [-0.4, -0.2) is 63.9 Å². The second-order valence-corrected chi connectivity index (χ2v) is 6.74. The van der Waals surface area contributed by atoms with Crippen molar-refractivity contribution in [1.29, 1.82) is 0 Å². The molecule has 0 aromatic carbocycles. The summed E-state index contributed by atoms with van der Waals surface area (Å²) in [5.74, 6) is 0.949. The van der Waals surface area contributed by atoms with Gasteiger partial charge in [0.2, 0.25) is 11.9 Å². The van der Waals surface area contributed by atoms with Gasteiger partial charge in [-0.1, -0.05) is 6.92 Å². The fourth-order valence-electron chi connectivity index (χ4n) is 4.16. The van der Waals surface area contributed by atoms with E-state index in [0.29, 0.717) is 30.4 Å². The van der Waals surface area contributed by atoms with E-state index in [1.165, 1.54) is 25.8 Å². The number of amides is 1. The minimum atomic E-state index is 0.316. The number of likely N-dealkylation sites (tertiary alicyclic amines) is 2. The maximum atomic E-state index is 12.7. The average molecular weight is 331 g/mol. The lowest BCUT2D eigenvalue weighted by Gasteiger charge is -2.34. The normalized spacial score (nSPS) is 24.5. The van der Waals surface area contributed by atoms with Gasteiger partial charge in [0.25, 0.3) is 0 Å². The number of aromatic nitrogens is 2. The van der Waals surface area contributed by atoms with E-state index in [0.717, 1.165) is 32.5 Å². The maximum Gasteiger partial charge on any atom is 0.222 e. The standard InChI is InChI=1S/C18H29N5O/c1-2-22-13-4-7-15(22)16-8-5-14-23(16)17(24)9-3-10-19-18-20-11-6-12-21-18/h6,11-12,15-16H,2-5,7-10,13-14H2,1H3,(H,19,20,21)/t15-,16-/m0/s1. The third-order valence-corrected chi connectivity index (χ3v) is 5.30. The highest BCUT2D eigenvalue weighted by molar-refractivity contribution is 5.77. The summed E-state index contributed by atoms with van der Waals surface area (Å²) in [6.07, 6.45) is 9.71. The van der Waals surface area contributed by atoms with Crippen LogP contribution in [0.1, 0.15) is 45.4 Å². The first kappa shape index (κ1) is 17.1. The zero-order valence-corrected chi connectivity index (χ0v) is 14.7. The molecule has 0 bridgehead atoms. The summed E-state index contributed by atoms with van der Waals surface area (Å²) in [6, 6.07) is 2.81. The zero-order chi connectivity index (χ0) is 16.8.